The van der Waals surface area contributed by atoms with Crippen LogP contribution in [0.3, 0.4) is 0 Å². The predicted octanol–water partition coefficient (Wildman–Crippen LogP) is 2.46. The van der Waals surface area contributed by atoms with E-state index in [9.17, 15) is 14.9 Å². The number of nitro benzene ring substituents is 1. The van der Waals surface area contributed by atoms with Crippen molar-refractivity contribution in [3.05, 3.63) is 87.7 Å². The summed E-state index contributed by atoms with van der Waals surface area (Å²) in [6.07, 6.45) is 1.62. The van der Waals surface area contributed by atoms with Crippen molar-refractivity contribution in [1.29, 1.82) is 0 Å². The molecule has 1 aromatic heterocycles. The fourth-order valence-electron chi connectivity index (χ4n) is 3.71. The summed E-state index contributed by atoms with van der Waals surface area (Å²) in [7, 11) is 2.15. The number of hydrogen-bond donors (Lipinski definition) is 1. The summed E-state index contributed by atoms with van der Waals surface area (Å²) in [4.78, 5) is 27.9. The first kappa shape index (κ1) is 21.7. The monoisotopic (exact) mass is 434 g/mol. The highest BCUT2D eigenvalue weighted by atomic mass is 16.6. The predicted molar refractivity (Wildman–Crippen MR) is 121 cm³/mol. The molecule has 1 aliphatic heterocycles. The molecule has 0 bridgehead atoms. The second kappa shape index (κ2) is 9.71. The van der Waals surface area contributed by atoms with Crippen LogP contribution in [0, 0.1) is 10.1 Å². The van der Waals surface area contributed by atoms with E-state index in [4.69, 9.17) is 0 Å². The summed E-state index contributed by atoms with van der Waals surface area (Å²) in [5, 5.41) is 18.1. The summed E-state index contributed by atoms with van der Waals surface area (Å²) >= 11 is 0. The number of non-ortho nitro benzene ring substituents is 1. The first-order valence-electron chi connectivity index (χ1n) is 10.6. The summed E-state index contributed by atoms with van der Waals surface area (Å²) in [6, 6.07) is 16.0. The van der Waals surface area contributed by atoms with Crippen molar-refractivity contribution < 1.29 is 9.72 Å². The minimum absolute atomic E-state index is 0.0274. The molecule has 3 aromatic rings. The normalized spacial score (nSPS) is 14.9. The lowest BCUT2D eigenvalue weighted by Gasteiger charge is -2.32. The molecule has 9 nitrogen and oxygen atoms in total. The molecule has 1 N–H and O–H groups in total. The molecule has 0 saturated carbocycles. The lowest BCUT2D eigenvalue weighted by molar-refractivity contribution is -0.384. The van der Waals surface area contributed by atoms with Crippen LogP contribution in [0.1, 0.15) is 21.6 Å². The van der Waals surface area contributed by atoms with Gasteiger partial charge in [-0.15, -0.1) is 0 Å². The van der Waals surface area contributed by atoms with Crippen LogP contribution in [-0.4, -0.2) is 63.6 Å². The molecule has 2 heterocycles. The Bertz CT molecular complexity index is 1100. The third kappa shape index (κ3) is 5.37. The number of amides is 1. The molecule has 0 radical (unpaired) electrons. The van der Waals surface area contributed by atoms with Crippen LogP contribution < -0.4 is 5.32 Å². The van der Waals surface area contributed by atoms with Gasteiger partial charge in [-0.05, 0) is 30.3 Å². The van der Waals surface area contributed by atoms with Gasteiger partial charge in [-0.25, -0.2) is 4.68 Å². The van der Waals surface area contributed by atoms with E-state index >= 15 is 0 Å². The number of nitrogens with zero attached hydrogens (tertiary/aromatic N) is 5. The standard InChI is InChI=1S/C23H26N6O3/c1-26-10-12-27(13-11-26)17-19-5-2-4-18(14-19)16-24-23(30)22-8-9-28(25-22)20-6-3-7-21(15-20)29(31)32/h2-9,14-15H,10-13,16-17H2,1H3,(H,24,30). The number of aromatic nitrogens is 2. The average molecular weight is 435 g/mol. The van der Waals surface area contributed by atoms with Gasteiger partial charge in [-0.2, -0.15) is 5.10 Å². The fraction of sp³-hybridized carbons (Fsp3) is 0.304. The number of likely N-dealkylation sites (N-methyl/N-ethyl adjacent to an activating group) is 1. The van der Waals surface area contributed by atoms with Crippen LogP contribution in [0.25, 0.3) is 5.69 Å². The highest BCUT2D eigenvalue weighted by Crippen LogP contribution is 2.16. The van der Waals surface area contributed by atoms with Gasteiger partial charge in [0.15, 0.2) is 5.69 Å². The molecule has 1 aliphatic rings. The Labute approximate surface area is 186 Å². The van der Waals surface area contributed by atoms with Crippen molar-refractivity contribution in [1.82, 2.24) is 24.9 Å². The van der Waals surface area contributed by atoms with E-state index in [1.54, 1.807) is 24.4 Å². The first-order chi connectivity index (χ1) is 15.5. The lowest BCUT2D eigenvalue weighted by Crippen LogP contribution is -2.43. The van der Waals surface area contributed by atoms with Gasteiger partial charge in [0.05, 0.1) is 10.6 Å². The molecular weight excluding hydrogens is 408 g/mol. The highest BCUT2D eigenvalue weighted by molar-refractivity contribution is 5.92. The fourth-order valence-corrected chi connectivity index (χ4v) is 3.71. The number of nitro groups is 1. The molecule has 9 heteroatoms. The van der Waals surface area contributed by atoms with Crippen molar-refractivity contribution in [2.75, 3.05) is 33.2 Å². The number of hydrogen-bond acceptors (Lipinski definition) is 6. The number of carbonyl (C=O) groups excluding carboxylic acids is 1. The zero-order valence-corrected chi connectivity index (χ0v) is 18.0. The van der Waals surface area contributed by atoms with E-state index in [-0.39, 0.29) is 17.3 Å². The van der Waals surface area contributed by atoms with Gasteiger partial charge in [0.2, 0.25) is 0 Å². The van der Waals surface area contributed by atoms with Crippen LogP contribution in [0.2, 0.25) is 0 Å². The Morgan fingerprint density at radius 1 is 1.06 bits per heavy atom. The summed E-state index contributed by atoms with van der Waals surface area (Å²) < 4.78 is 1.46. The van der Waals surface area contributed by atoms with Crippen molar-refractivity contribution >= 4 is 11.6 Å². The van der Waals surface area contributed by atoms with Gasteiger partial charge >= 0.3 is 0 Å². The second-order valence-corrected chi connectivity index (χ2v) is 8.00. The lowest BCUT2D eigenvalue weighted by atomic mass is 10.1. The van der Waals surface area contributed by atoms with Crippen LogP contribution in [0.15, 0.2) is 60.8 Å². The molecule has 0 aliphatic carbocycles. The maximum atomic E-state index is 12.6. The molecule has 1 saturated heterocycles. The Kier molecular flexibility index (Phi) is 6.58. The minimum atomic E-state index is -0.460. The van der Waals surface area contributed by atoms with Crippen molar-refractivity contribution in [2.24, 2.45) is 0 Å². The maximum absolute atomic E-state index is 12.6. The Balaban J connectivity index is 1.35. The van der Waals surface area contributed by atoms with Crippen molar-refractivity contribution in [3.63, 3.8) is 0 Å². The third-order valence-corrected chi connectivity index (χ3v) is 5.57. The summed E-state index contributed by atoms with van der Waals surface area (Å²) in [5.41, 5.74) is 3.01. The van der Waals surface area contributed by atoms with Gasteiger partial charge in [0.25, 0.3) is 11.6 Å². The Morgan fingerprint density at radius 3 is 2.59 bits per heavy atom. The first-order valence-corrected chi connectivity index (χ1v) is 10.6. The van der Waals surface area contributed by atoms with Crippen LogP contribution in [0.5, 0.6) is 0 Å². The van der Waals surface area contributed by atoms with Crippen LogP contribution in [0.4, 0.5) is 5.69 Å². The maximum Gasteiger partial charge on any atom is 0.272 e. The van der Waals surface area contributed by atoms with E-state index in [0.717, 1.165) is 38.3 Å². The molecule has 166 valence electrons. The number of benzene rings is 2. The van der Waals surface area contributed by atoms with E-state index in [0.29, 0.717) is 12.2 Å². The van der Waals surface area contributed by atoms with Crippen LogP contribution >= 0.6 is 0 Å². The summed E-state index contributed by atoms with van der Waals surface area (Å²) in [6.45, 7) is 5.59. The minimum Gasteiger partial charge on any atom is -0.347 e. The van der Waals surface area contributed by atoms with Crippen molar-refractivity contribution in [2.45, 2.75) is 13.1 Å². The molecule has 0 spiro atoms. The van der Waals surface area contributed by atoms with E-state index < -0.39 is 4.92 Å². The molecule has 0 atom stereocenters. The molecule has 32 heavy (non-hydrogen) atoms. The van der Waals surface area contributed by atoms with E-state index in [1.807, 2.05) is 12.1 Å². The molecule has 4 rings (SSSR count). The molecule has 1 amide bonds. The van der Waals surface area contributed by atoms with Crippen molar-refractivity contribution in [3.8, 4) is 5.69 Å². The largest absolute Gasteiger partial charge is 0.347 e. The van der Waals surface area contributed by atoms with E-state index in [2.05, 4.69) is 39.4 Å². The van der Waals surface area contributed by atoms with Gasteiger partial charge in [-0.1, -0.05) is 30.3 Å². The zero-order chi connectivity index (χ0) is 22.5. The molecule has 0 unspecified atom stereocenters. The average Bonchev–Trinajstić information content (AvgIpc) is 3.30. The molecule has 1 fully saturated rings. The van der Waals surface area contributed by atoms with Gasteiger partial charge in [-0.3, -0.25) is 19.8 Å². The Hall–Kier alpha value is -3.56. The zero-order valence-electron chi connectivity index (χ0n) is 18.0. The number of rotatable bonds is 7. The van der Waals surface area contributed by atoms with Crippen LogP contribution in [-0.2, 0) is 13.1 Å². The topological polar surface area (TPSA) is 96.5 Å². The second-order valence-electron chi connectivity index (χ2n) is 8.00. The quantitative estimate of drug-likeness (QED) is 0.453. The molecule has 2 aromatic carbocycles. The number of carbonyl (C=O) groups is 1. The Morgan fingerprint density at radius 2 is 1.81 bits per heavy atom. The number of piperazine rings is 1. The van der Waals surface area contributed by atoms with Gasteiger partial charge < -0.3 is 10.2 Å². The number of nitrogens with one attached hydrogen (secondary N) is 1. The van der Waals surface area contributed by atoms with Gasteiger partial charge in [0, 0.05) is 57.6 Å². The highest BCUT2D eigenvalue weighted by Gasteiger charge is 2.15. The summed E-state index contributed by atoms with van der Waals surface area (Å²) in [5.74, 6) is -0.293. The van der Waals surface area contributed by atoms with Gasteiger partial charge in [0.1, 0.15) is 0 Å². The molecular formula is C23H26N6O3. The SMILES string of the molecule is CN1CCN(Cc2cccc(CNC(=O)c3ccn(-c4cccc([N+](=O)[O-])c4)n3)c2)CC1. The van der Waals surface area contributed by atoms with E-state index in [1.165, 1.54) is 22.4 Å². The third-order valence-electron chi connectivity index (χ3n) is 5.57. The smallest absolute Gasteiger partial charge is 0.272 e.